The first-order valence-corrected chi connectivity index (χ1v) is 6.58. The summed E-state index contributed by atoms with van der Waals surface area (Å²) in [5, 5.41) is 9.64. The van der Waals surface area contributed by atoms with Gasteiger partial charge in [0.05, 0.1) is 0 Å². The van der Waals surface area contributed by atoms with E-state index in [9.17, 15) is 5.11 Å². The zero-order chi connectivity index (χ0) is 13.4. The van der Waals surface area contributed by atoms with Crippen molar-refractivity contribution in [3.63, 3.8) is 0 Å². The normalized spacial score (nSPS) is 9.50. The third-order valence-corrected chi connectivity index (χ3v) is 2.76. The van der Waals surface area contributed by atoms with Crippen LogP contribution in [0.1, 0.15) is 30.5 Å². The Balaban J connectivity index is 0.000000771. The maximum atomic E-state index is 9.64. The molecule has 0 unspecified atom stereocenters. The van der Waals surface area contributed by atoms with Gasteiger partial charge >= 0.3 is 0 Å². The number of aromatic hydroxyl groups is 1. The minimum absolute atomic E-state index is 0.398. The third kappa shape index (κ3) is 4.25. The summed E-state index contributed by atoms with van der Waals surface area (Å²) in [4.78, 5) is 0. The van der Waals surface area contributed by atoms with Crippen LogP contribution in [0.25, 0.3) is 0 Å². The van der Waals surface area contributed by atoms with Gasteiger partial charge in [0, 0.05) is 0 Å². The van der Waals surface area contributed by atoms with Crippen LogP contribution >= 0.6 is 0 Å². The molecule has 0 heterocycles. The van der Waals surface area contributed by atoms with Gasteiger partial charge in [0.1, 0.15) is 5.75 Å². The first-order chi connectivity index (χ1) is 8.75. The Morgan fingerprint density at radius 2 is 1.61 bits per heavy atom. The minimum atomic E-state index is 0.398. The molecule has 0 aromatic heterocycles. The third-order valence-electron chi connectivity index (χ3n) is 2.76. The van der Waals surface area contributed by atoms with Crippen molar-refractivity contribution in [2.24, 2.45) is 0 Å². The molecule has 0 aliphatic heterocycles. The lowest BCUT2D eigenvalue weighted by Gasteiger charge is -2.05. The van der Waals surface area contributed by atoms with E-state index >= 15 is 0 Å². The van der Waals surface area contributed by atoms with Gasteiger partial charge < -0.3 is 5.11 Å². The highest BCUT2D eigenvalue weighted by Gasteiger charge is 2.00. The second kappa shape index (κ2) is 7.54. The molecule has 0 radical (unpaired) electrons. The Kier molecular flexibility index (Phi) is 5.99. The molecule has 1 nitrogen and oxygen atoms in total. The maximum absolute atomic E-state index is 9.64. The Morgan fingerprint density at radius 1 is 0.889 bits per heavy atom. The van der Waals surface area contributed by atoms with Crippen LogP contribution in [0.15, 0.2) is 48.5 Å². The van der Waals surface area contributed by atoms with E-state index in [1.54, 1.807) is 6.07 Å². The molecule has 0 aliphatic carbocycles. The van der Waals surface area contributed by atoms with Crippen molar-refractivity contribution in [1.82, 2.24) is 0 Å². The summed E-state index contributed by atoms with van der Waals surface area (Å²) in [6, 6.07) is 16.0. The lowest BCUT2D eigenvalue weighted by Crippen LogP contribution is -1.92. The predicted molar refractivity (Wildman–Crippen MR) is 78.0 cm³/mol. The van der Waals surface area contributed by atoms with E-state index in [0.29, 0.717) is 5.75 Å². The van der Waals surface area contributed by atoms with Crippen LogP contribution in [0.2, 0.25) is 0 Å². The fourth-order valence-corrected chi connectivity index (χ4v) is 1.87. The molecule has 0 spiro atoms. The van der Waals surface area contributed by atoms with Crippen molar-refractivity contribution in [3.05, 3.63) is 65.2 Å². The Hall–Kier alpha value is -1.76. The molecule has 0 amide bonds. The van der Waals surface area contributed by atoms with Crippen LogP contribution in [0, 0.1) is 6.92 Å². The van der Waals surface area contributed by atoms with E-state index in [2.05, 4.69) is 31.2 Å². The largest absolute Gasteiger partial charge is 0.508 e. The first kappa shape index (κ1) is 14.3. The molecule has 2 aromatic carbocycles. The molecular weight excluding hydrogens is 220 g/mol. The number of aryl methyl sites for hydroxylation is 3. The molecule has 0 aliphatic rings. The van der Waals surface area contributed by atoms with E-state index in [0.717, 1.165) is 18.4 Å². The summed E-state index contributed by atoms with van der Waals surface area (Å²) in [5.41, 5.74) is 3.63. The summed E-state index contributed by atoms with van der Waals surface area (Å²) in [5.74, 6) is 0.398. The van der Waals surface area contributed by atoms with Crippen molar-refractivity contribution in [2.75, 3.05) is 0 Å². The van der Waals surface area contributed by atoms with E-state index < -0.39 is 0 Å². The molecule has 2 rings (SSSR count). The maximum Gasteiger partial charge on any atom is 0.118 e. The lowest BCUT2D eigenvalue weighted by molar-refractivity contribution is 0.468. The summed E-state index contributed by atoms with van der Waals surface area (Å²) < 4.78 is 0. The molecular formula is C17H22O. The number of para-hydroxylation sites is 1. The van der Waals surface area contributed by atoms with Crippen molar-refractivity contribution in [2.45, 2.75) is 33.6 Å². The molecule has 1 N–H and O–H groups in total. The van der Waals surface area contributed by atoms with Gasteiger partial charge in [-0.2, -0.15) is 0 Å². The number of benzene rings is 2. The first-order valence-electron chi connectivity index (χ1n) is 6.58. The van der Waals surface area contributed by atoms with Gasteiger partial charge in [-0.25, -0.2) is 0 Å². The number of hydrogen-bond acceptors (Lipinski definition) is 1. The van der Waals surface area contributed by atoms with Crippen LogP contribution in [-0.4, -0.2) is 5.11 Å². The van der Waals surface area contributed by atoms with Crippen molar-refractivity contribution in [1.29, 1.82) is 0 Å². The molecule has 0 saturated carbocycles. The van der Waals surface area contributed by atoms with Gasteiger partial charge in [-0.3, -0.25) is 0 Å². The van der Waals surface area contributed by atoms with E-state index in [-0.39, 0.29) is 0 Å². The second-order valence-corrected chi connectivity index (χ2v) is 4.12. The summed E-state index contributed by atoms with van der Waals surface area (Å²) in [6.45, 7) is 6.10. The molecule has 18 heavy (non-hydrogen) atoms. The number of phenols is 1. The highest BCUT2D eigenvalue weighted by Crippen LogP contribution is 2.18. The molecule has 0 atom stereocenters. The monoisotopic (exact) mass is 242 g/mol. The van der Waals surface area contributed by atoms with E-state index in [1.165, 1.54) is 11.1 Å². The Bertz CT molecular complexity index is 475. The quantitative estimate of drug-likeness (QED) is 0.839. The number of rotatable bonds is 3. The smallest absolute Gasteiger partial charge is 0.118 e. The lowest BCUT2D eigenvalue weighted by atomic mass is 10.0. The summed E-state index contributed by atoms with van der Waals surface area (Å²) in [6.07, 6.45) is 1.86. The average Bonchev–Trinajstić information content (AvgIpc) is 2.40. The average molecular weight is 242 g/mol. The standard InChI is InChI=1S/C15H16O.C2H6/c1-12-5-4-6-13(11-12)9-10-14-7-2-3-8-15(14)16;1-2/h2-8,11,16H,9-10H2,1H3;1-2H3. The Morgan fingerprint density at radius 3 is 2.28 bits per heavy atom. The van der Waals surface area contributed by atoms with Gasteiger partial charge in [-0.15, -0.1) is 0 Å². The number of phenolic OH excluding ortho intramolecular Hbond substituents is 1. The van der Waals surface area contributed by atoms with Gasteiger partial charge in [-0.1, -0.05) is 61.9 Å². The van der Waals surface area contributed by atoms with Gasteiger partial charge in [0.25, 0.3) is 0 Å². The summed E-state index contributed by atoms with van der Waals surface area (Å²) in [7, 11) is 0. The molecule has 96 valence electrons. The molecule has 0 fully saturated rings. The molecule has 2 aromatic rings. The van der Waals surface area contributed by atoms with Crippen molar-refractivity contribution in [3.8, 4) is 5.75 Å². The van der Waals surface area contributed by atoms with Crippen LogP contribution in [0.5, 0.6) is 5.75 Å². The SMILES string of the molecule is CC.Cc1cccc(CCc2ccccc2O)c1. The van der Waals surface area contributed by atoms with E-state index in [4.69, 9.17) is 0 Å². The van der Waals surface area contributed by atoms with Crippen molar-refractivity contribution >= 4 is 0 Å². The van der Waals surface area contributed by atoms with Gasteiger partial charge in [0.2, 0.25) is 0 Å². The van der Waals surface area contributed by atoms with Crippen LogP contribution < -0.4 is 0 Å². The summed E-state index contributed by atoms with van der Waals surface area (Å²) >= 11 is 0. The molecule has 0 bridgehead atoms. The zero-order valence-corrected chi connectivity index (χ0v) is 11.5. The molecule has 1 heteroatoms. The second-order valence-electron chi connectivity index (χ2n) is 4.12. The number of hydrogen-bond donors (Lipinski definition) is 1. The van der Waals surface area contributed by atoms with Crippen LogP contribution in [-0.2, 0) is 12.8 Å². The topological polar surface area (TPSA) is 20.2 Å². The van der Waals surface area contributed by atoms with Gasteiger partial charge in [-0.05, 0) is 37.0 Å². The minimum Gasteiger partial charge on any atom is -0.508 e. The van der Waals surface area contributed by atoms with Crippen LogP contribution in [0.3, 0.4) is 0 Å². The Labute approximate surface area is 110 Å². The zero-order valence-electron chi connectivity index (χ0n) is 11.5. The highest BCUT2D eigenvalue weighted by atomic mass is 16.3. The van der Waals surface area contributed by atoms with Gasteiger partial charge in [0.15, 0.2) is 0 Å². The van der Waals surface area contributed by atoms with Crippen molar-refractivity contribution < 1.29 is 5.11 Å². The highest BCUT2D eigenvalue weighted by molar-refractivity contribution is 5.33. The van der Waals surface area contributed by atoms with E-state index in [1.807, 2.05) is 32.0 Å². The fourth-order valence-electron chi connectivity index (χ4n) is 1.87. The predicted octanol–water partition coefficient (Wildman–Crippen LogP) is 4.51. The molecule has 0 saturated heterocycles. The fraction of sp³-hybridized carbons (Fsp3) is 0.294. The van der Waals surface area contributed by atoms with Crippen LogP contribution in [0.4, 0.5) is 0 Å².